The van der Waals surface area contributed by atoms with Gasteiger partial charge >= 0.3 is 0 Å². The minimum absolute atomic E-state index is 0.0606. The van der Waals surface area contributed by atoms with Crippen LogP contribution in [-0.4, -0.2) is 30.7 Å². The van der Waals surface area contributed by atoms with E-state index in [1.807, 2.05) is 25.4 Å². The van der Waals surface area contributed by atoms with Crippen LogP contribution >= 0.6 is 0 Å². The fourth-order valence-electron chi connectivity index (χ4n) is 1.63. The molecule has 0 unspecified atom stereocenters. The Morgan fingerprint density at radius 3 is 2.35 bits per heavy atom. The maximum absolute atomic E-state index is 4.43. The van der Waals surface area contributed by atoms with Crippen LogP contribution in [-0.2, 0) is 5.41 Å². The third-order valence-electron chi connectivity index (χ3n) is 3.17. The topological polar surface area (TPSA) is 37.0 Å². The summed E-state index contributed by atoms with van der Waals surface area (Å²) in [6.45, 7) is 10.7. The molecule has 96 valence electrons. The van der Waals surface area contributed by atoms with Gasteiger partial charge in [0.1, 0.15) is 0 Å². The molecule has 0 atom stereocenters. The SMILES string of the molecule is CNC(C)(C)CNCC(C)(C)c1ccccn1. The summed E-state index contributed by atoms with van der Waals surface area (Å²) >= 11 is 0. The van der Waals surface area contributed by atoms with Crippen LogP contribution in [0, 0.1) is 0 Å². The van der Waals surface area contributed by atoms with Gasteiger partial charge in [-0.15, -0.1) is 0 Å². The molecular formula is C14H25N3. The van der Waals surface area contributed by atoms with Crippen molar-refractivity contribution in [3.8, 4) is 0 Å². The van der Waals surface area contributed by atoms with Crippen LogP contribution in [0.4, 0.5) is 0 Å². The summed E-state index contributed by atoms with van der Waals surface area (Å²) in [5.41, 5.74) is 1.32. The summed E-state index contributed by atoms with van der Waals surface area (Å²) in [7, 11) is 1.99. The second-order valence-corrected chi connectivity index (χ2v) is 5.84. The van der Waals surface area contributed by atoms with E-state index in [-0.39, 0.29) is 11.0 Å². The average Bonchev–Trinajstić information content (AvgIpc) is 2.30. The number of pyridine rings is 1. The monoisotopic (exact) mass is 235 g/mol. The zero-order chi connectivity index (χ0) is 12.9. The van der Waals surface area contributed by atoms with E-state index in [0.29, 0.717) is 0 Å². The van der Waals surface area contributed by atoms with E-state index >= 15 is 0 Å². The maximum Gasteiger partial charge on any atom is 0.0472 e. The predicted molar refractivity (Wildman–Crippen MR) is 73.3 cm³/mol. The number of nitrogens with zero attached hydrogens (tertiary/aromatic N) is 1. The van der Waals surface area contributed by atoms with Gasteiger partial charge in [0.15, 0.2) is 0 Å². The van der Waals surface area contributed by atoms with Gasteiger partial charge in [-0.25, -0.2) is 0 Å². The summed E-state index contributed by atoms with van der Waals surface area (Å²) in [6.07, 6.45) is 1.86. The third kappa shape index (κ3) is 4.44. The van der Waals surface area contributed by atoms with Crippen LogP contribution in [0.3, 0.4) is 0 Å². The highest BCUT2D eigenvalue weighted by Crippen LogP contribution is 2.19. The van der Waals surface area contributed by atoms with Crippen LogP contribution in [0.1, 0.15) is 33.4 Å². The van der Waals surface area contributed by atoms with Crippen molar-refractivity contribution in [2.75, 3.05) is 20.1 Å². The Bertz CT molecular complexity index is 331. The Balaban J connectivity index is 2.51. The lowest BCUT2D eigenvalue weighted by molar-refractivity contribution is 0.364. The van der Waals surface area contributed by atoms with Crippen molar-refractivity contribution < 1.29 is 0 Å². The van der Waals surface area contributed by atoms with Crippen LogP contribution in [0.25, 0.3) is 0 Å². The molecule has 1 aromatic rings. The normalized spacial score (nSPS) is 12.8. The van der Waals surface area contributed by atoms with E-state index in [2.05, 4.69) is 49.4 Å². The molecule has 1 heterocycles. The van der Waals surface area contributed by atoms with Crippen LogP contribution < -0.4 is 10.6 Å². The highest BCUT2D eigenvalue weighted by atomic mass is 15.0. The van der Waals surface area contributed by atoms with Crippen molar-refractivity contribution in [3.05, 3.63) is 30.1 Å². The Morgan fingerprint density at radius 2 is 1.82 bits per heavy atom. The smallest absolute Gasteiger partial charge is 0.0472 e. The summed E-state index contributed by atoms with van der Waals surface area (Å²) in [5.74, 6) is 0. The molecule has 0 aromatic carbocycles. The molecule has 2 N–H and O–H groups in total. The number of hydrogen-bond acceptors (Lipinski definition) is 3. The fraction of sp³-hybridized carbons (Fsp3) is 0.643. The first-order valence-electron chi connectivity index (χ1n) is 6.18. The van der Waals surface area contributed by atoms with E-state index in [1.165, 1.54) is 0 Å². The Hall–Kier alpha value is -0.930. The van der Waals surface area contributed by atoms with E-state index < -0.39 is 0 Å². The van der Waals surface area contributed by atoms with Gasteiger partial charge in [0.25, 0.3) is 0 Å². The highest BCUT2D eigenvalue weighted by Gasteiger charge is 2.23. The molecule has 3 nitrogen and oxygen atoms in total. The quantitative estimate of drug-likeness (QED) is 0.791. The highest BCUT2D eigenvalue weighted by molar-refractivity contribution is 5.15. The van der Waals surface area contributed by atoms with Crippen molar-refractivity contribution >= 4 is 0 Å². The van der Waals surface area contributed by atoms with Crippen molar-refractivity contribution in [3.63, 3.8) is 0 Å². The molecule has 17 heavy (non-hydrogen) atoms. The predicted octanol–water partition coefficient (Wildman–Crippen LogP) is 1.95. The maximum atomic E-state index is 4.43. The van der Waals surface area contributed by atoms with E-state index in [9.17, 15) is 0 Å². The first-order chi connectivity index (χ1) is 7.87. The largest absolute Gasteiger partial charge is 0.314 e. The molecule has 0 spiro atoms. The van der Waals surface area contributed by atoms with Crippen LogP contribution in [0.15, 0.2) is 24.4 Å². The Morgan fingerprint density at radius 1 is 1.12 bits per heavy atom. The summed E-state index contributed by atoms with van der Waals surface area (Å²) in [5, 5.41) is 6.80. The first kappa shape index (κ1) is 14.1. The second kappa shape index (κ2) is 5.61. The van der Waals surface area contributed by atoms with Crippen molar-refractivity contribution in [2.45, 2.75) is 38.6 Å². The van der Waals surface area contributed by atoms with E-state index in [1.54, 1.807) is 0 Å². The summed E-state index contributed by atoms with van der Waals surface area (Å²) in [4.78, 5) is 4.43. The lowest BCUT2D eigenvalue weighted by Gasteiger charge is -2.29. The lowest BCUT2D eigenvalue weighted by atomic mass is 9.88. The molecule has 0 bridgehead atoms. The molecule has 0 aliphatic heterocycles. The molecule has 0 aliphatic rings. The van der Waals surface area contributed by atoms with E-state index in [0.717, 1.165) is 18.8 Å². The van der Waals surface area contributed by atoms with Crippen molar-refractivity contribution in [2.24, 2.45) is 0 Å². The van der Waals surface area contributed by atoms with Crippen LogP contribution in [0.5, 0.6) is 0 Å². The van der Waals surface area contributed by atoms with Gasteiger partial charge in [-0.3, -0.25) is 4.98 Å². The number of hydrogen-bond donors (Lipinski definition) is 2. The number of rotatable bonds is 6. The molecule has 0 aliphatic carbocycles. The fourth-order valence-corrected chi connectivity index (χ4v) is 1.63. The van der Waals surface area contributed by atoms with Crippen LogP contribution in [0.2, 0.25) is 0 Å². The summed E-state index contributed by atoms with van der Waals surface area (Å²) in [6, 6.07) is 6.09. The second-order valence-electron chi connectivity index (χ2n) is 5.84. The van der Waals surface area contributed by atoms with Gasteiger partial charge in [-0.2, -0.15) is 0 Å². The first-order valence-corrected chi connectivity index (χ1v) is 6.18. The van der Waals surface area contributed by atoms with Gasteiger partial charge < -0.3 is 10.6 Å². The zero-order valence-corrected chi connectivity index (χ0v) is 11.7. The average molecular weight is 235 g/mol. The van der Waals surface area contributed by atoms with Crippen molar-refractivity contribution in [1.29, 1.82) is 0 Å². The number of likely N-dealkylation sites (N-methyl/N-ethyl adjacent to an activating group) is 1. The Labute approximate surface area is 105 Å². The number of aromatic nitrogens is 1. The number of nitrogens with one attached hydrogen (secondary N) is 2. The molecule has 0 radical (unpaired) electrons. The van der Waals surface area contributed by atoms with Gasteiger partial charge in [0, 0.05) is 35.9 Å². The Kier molecular flexibility index (Phi) is 4.66. The van der Waals surface area contributed by atoms with Crippen molar-refractivity contribution in [1.82, 2.24) is 15.6 Å². The van der Waals surface area contributed by atoms with Gasteiger partial charge in [-0.1, -0.05) is 19.9 Å². The lowest BCUT2D eigenvalue weighted by Crippen LogP contribution is -2.48. The molecule has 1 rings (SSSR count). The van der Waals surface area contributed by atoms with Gasteiger partial charge in [0.05, 0.1) is 0 Å². The molecule has 0 amide bonds. The minimum Gasteiger partial charge on any atom is -0.314 e. The summed E-state index contributed by atoms with van der Waals surface area (Å²) < 4.78 is 0. The standard InChI is InChI=1S/C14H25N3/c1-13(2,12-8-6-7-9-17-12)10-16-11-14(3,4)15-5/h6-9,15-16H,10-11H2,1-5H3. The van der Waals surface area contributed by atoms with Gasteiger partial charge in [0.2, 0.25) is 0 Å². The van der Waals surface area contributed by atoms with E-state index in [4.69, 9.17) is 0 Å². The van der Waals surface area contributed by atoms with Gasteiger partial charge in [-0.05, 0) is 33.0 Å². The minimum atomic E-state index is 0.0606. The molecule has 0 saturated heterocycles. The molecule has 1 aromatic heterocycles. The molecule has 0 fully saturated rings. The third-order valence-corrected chi connectivity index (χ3v) is 3.17. The molecule has 0 saturated carbocycles. The molecular weight excluding hydrogens is 210 g/mol. The molecule has 3 heteroatoms. The zero-order valence-electron chi connectivity index (χ0n) is 11.7.